The van der Waals surface area contributed by atoms with Gasteiger partial charge in [-0.1, -0.05) is 55.8 Å². The monoisotopic (exact) mass is 376 g/mol. The van der Waals surface area contributed by atoms with Gasteiger partial charge in [0.15, 0.2) is 6.29 Å². The molecule has 0 aliphatic rings. The molecule has 0 fully saturated rings. The van der Waals surface area contributed by atoms with Gasteiger partial charge >= 0.3 is 5.97 Å². The fourth-order valence-electron chi connectivity index (χ4n) is 3.21. The summed E-state index contributed by atoms with van der Waals surface area (Å²) in [5, 5.41) is 0. The van der Waals surface area contributed by atoms with Crippen LogP contribution in [0.15, 0.2) is 54.7 Å². The van der Waals surface area contributed by atoms with E-state index in [2.05, 4.69) is 11.9 Å². The van der Waals surface area contributed by atoms with Crippen LogP contribution in [0.5, 0.6) is 0 Å². The topological polar surface area (TPSA) is 61.2 Å². The normalized spacial score (nSPS) is 10.6. The minimum Gasteiger partial charge on any atom is -0.465 e. The number of aldehydes is 1. The van der Waals surface area contributed by atoms with Crippen LogP contribution < -0.4 is 0 Å². The predicted octanol–water partition coefficient (Wildman–Crippen LogP) is 4.54. The van der Waals surface area contributed by atoms with Crippen LogP contribution in [0.3, 0.4) is 0 Å². The highest BCUT2D eigenvalue weighted by molar-refractivity contribution is 5.97. The Kier molecular flexibility index (Phi) is 6.37. The van der Waals surface area contributed by atoms with Gasteiger partial charge in [0.1, 0.15) is 11.5 Å². The van der Waals surface area contributed by atoms with E-state index in [1.165, 1.54) is 7.11 Å². The Morgan fingerprint density at radius 2 is 1.89 bits per heavy atom. The highest BCUT2D eigenvalue weighted by atomic mass is 16.5. The van der Waals surface area contributed by atoms with Crippen molar-refractivity contribution in [3.63, 3.8) is 0 Å². The Morgan fingerprint density at radius 1 is 1.14 bits per heavy atom. The van der Waals surface area contributed by atoms with Crippen molar-refractivity contribution >= 4 is 12.3 Å². The first kappa shape index (κ1) is 19.5. The molecule has 0 aliphatic carbocycles. The molecule has 0 saturated carbocycles. The lowest BCUT2D eigenvalue weighted by atomic mass is 9.98. The van der Waals surface area contributed by atoms with Gasteiger partial charge in [-0.15, -0.1) is 0 Å². The number of esters is 1. The third kappa shape index (κ3) is 4.36. The number of ether oxygens (including phenoxy) is 1. The summed E-state index contributed by atoms with van der Waals surface area (Å²) in [6.45, 7) is 2.79. The molecular formula is C23H24N2O3. The van der Waals surface area contributed by atoms with Crippen molar-refractivity contribution in [1.29, 1.82) is 0 Å². The Balaban J connectivity index is 1.84. The maximum atomic E-state index is 12.0. The standard InChI is InChI=1S/C23H24N2O3/c1-3-4-9-22-24-19(16-26)15-25(22)14-17-10-12-18(13-11-17)20-7-5-6-8-21(20)23(27)28-2/h5-8,10-13,15-16H,3-4,9,14H2,1-2H3. The van der Waals surface area contributed by atoms with Gasteiger partial charge in [-0.2, -0.15) is 0 Å². The summed E-state index contributed by atoms with van der Waals surface area (Å²) in [6.07, 6.45) is 5.57. The lowest BCUT2D eigenvalue weighted by Crippen LogP contribution is -2.05. The maximum Gasteiger partial charge on any atom is 0.338 e. The average molecular weight is 376 g/mol. The number of hydrogen-bond donors (Lipinski definition) is 0. The van der Waals surface area contributed by atoms with Gasteiger partial charge in [0.2, 0.25) is 0 Å². The number of rotatable bonds is 8. The first-order valence-corrected chi connectivity index (χ1v) is 9.44. The van der Waals surface area contributed by atoms with Crippen LogP contribution in [0.4, 0.5) is 0 Å². The third-order valence-corrected chi connectivity index (χ3v) is 4.70. The Bertz CT molecular complexity index is 958. The van der Waals surface area contributed by atoms with E-state index in [1.807, 2.05) is 47.0 Å². The zero-order valence-corrected chi connectivity index (χ0v) is 16.2. The van der Waals surface area contributed by atoms with E-state index in [1.54, 1.807) is 12.3 Å². The number of unbranched alkanes of at least 4 members (excludes halogenated alkanes) is 1. The third-order valence-electron chi connectivity index (χ3n) is 4.70. The van der Waals surface area contributed by atoms with E-state index in [9.17, 15) is 9.59 Å². The predicted molar refractivity (Wildman–Crippen MR) is 109 cm³/mol. The van der Waals surface area contributed by atoms with Crippen LogP contribution in [0.2, 0.25) is 0 Å². The second-order valence-electron chi connectivity index (χ2n) is 6.67. The molecule has 28 heavy (non-hydrogen) atoms. The highest BCUT2D eigenvalue weighted by Gasteiger charge is 2.13. The summed E-state index contributed by atoms with van der Waals surface area (Å²) < 4.78 is 6.92. The molecule has 0 N–H and O–H groups in total. The number of benzene rings is 2. The summed E-state index contributed by atoms with van der Waals surface area (Å²) in [6, 6.07) is 15.5. The number of hydrogen-bond acceptors (Lipinski definition) is 4. The fourth-order valence-corrected chi connectivity index (χ4v) is 3.21. The molecule has 3 aromatic rings. The number of carbonyl (C=O) groups is 2. The maximum absolute atomic E-state index is 12.0. The van der Waals surface area contributed by atoms with E-state index in [-0.39, 0.29) is 5.97 Å². The lowest BCUT2D eigenvalue weighted by molar-refractivity contribution is 0.0601. The molecule has 5 nitrogen and oxygen atoms in total. The Morgan fingerprint density at radius 3 is 2.57 bits per heavy atom. The van der Waals surface area contributed by atoms with Crippen LogP contribution in [-0.4, -0.2) is 28.9 Å². The minimum absolute atomic E-state index is 0.347. The number of carbonyl (C=O) groups excluding carboxylic acids is 2. The molecule has 0 unspecified atom stereocenters. The van der Waals surface area contributed by atoms with Crippen molar-refractivity contribution in [2.75, 3.05) is 7.11 Å². The molecule has 1 aromatic heterocycles. The lowest BCUT2D eigenvalue weighted by Gasteiger charge is -2.10. The quantitative estimate of drug-likeness (QED) is 0.428. The van der Waals surface area contributed by atoms with Crippen molar-refractivity contribution in [3.8, 4) is 11.1 Å². The van der Waals surface area contributed by atoms with Crippen molar-refractivity contribution in [2.45, 2.75) is 32.7 Å². The van der Waals surface area contributed by atoms with Crippen molar-refractivity contribution in [2.24, 2.45) is 0 Å². The fraction of sp³-hybridized carbons (Fsp3) is 0.261. The molecule has 0 saturated heterocycles. The molecule has 1 heterocycles. The van der Waals surface area contributed by atoms with Gasteiger partial charge in [-0.25, -0.2) is 9.78 Å². The average Bonchev–Trinajstić information content (AvgIpc) is 3.14. The summed E-state index contributed by atoms with van der Waals surface area (Å²) in [5.41, 5.74) is 3.91. The molecule has 5 heteroatoms. The molecule has 0 bridgehead atoms. The van der Waals surface area contributed by atoms with Crippen molar-refractivity contribution < 1.29 is 14.3 Å². The Labute approximate surface area is 165 Å². The molecule has 0 radical (unpaired) electrons. The smallest absolute Gasteiger partial charge is 0.338 e. The molecule has 0 spiro atoms. The van der Waals surface area contributed by atoms with Crippen molar-refractivity contribution in [1.82, 2.24) is 9.55 Å². The van der Waals surface area contributed by atoms with Crippen LogP contribution in [-0.2, 0) is 17.7 Å². The number of aromatic nitrogens is 2. The van der Waals surface area contributed by atoms with Crippen LogP contribution in [0.1, 0.15) is 52.0 Å². The van der Waals surface area contributed by atoms with E-state index >= 15 is 0 Å². The summed E-state index contributed by atoms with van der Waals surface area (Å²) >= 11 is 0. The van der Waals surface area contributed by atoms with Crippen molar-refractivity contribution in [3.05, 3.63) is 77.4 Å². The molecule has 144 valence electrons. The molecule has 0 atom stereocenters. The number of aryl methyl sites for hydroxylation is 1. The van der Waals surface area contributed by atoms with Gasteiger partial charge < -0.3 is 9.30 Å². The van der Waals surface area contributed by atoms with Crippen LogP contribution >= 0.6 is 0 Å². The number of imidazole rings is 1. The largest absolute Gasteiger partial charge is 0.465 e. The van der Waals surface area contributed by atoms with Gasteiger partial charge in [0.05, 0.1) is 12.7 Å². The summed E-state index contributed by atoms with van der Waals surface area (Å²) in [4.78, 5) is 27.5. The number of nitrogens with zero attached hydrogens (tertiary/aromatic N) is 2. The van der Waals surface area contributed by atoms with Gasteiger partial charge in [-0.3, -0.25) is 4.79 Å². The highest BCUT2D eigenvalue weighted by Crippen LogP contribution is 2.25. The Hall–Kier alpha value is -3.21. The zero-order chi connectivity index (χ0) is 19.9. The first-order valence-electron chi connectivity index (χ1n) is 9.44. The van der Waals surface area contributed by atoms with Crippen LogP contribution in [0, 0.1) is 0 Å². The minimum atomic E-state index is -0.347. The second kappa shape index (κ2) is 9.13. The molecule has 0 aliphatic heterocycles. The number of methoxy groups -OCH3 is 1. The van der Waals surface area contributed by atoms with E-state index in [0.29, 0.717) is 17.8 Å². The molecule has 3 rings (SSSR count). The zero-order valence-electron chi connectivity index (χ0n) is 16.2. The summed E-state index contributed by atoms with van der Waals surface area (Å²) in [5.74, 6) is 0.587. The van der Waals surface area contributed by atoms with E-state index in [0.717, 1.165) is 48.1 Å². The molecule has 2 aromatic carbocycles. The van der Waals surface area contributed by atoms with Gasteiger partial charge in [0, 0.05) is 19.2 Å². The first-order chi connectivity index (χ1) is 13.7. The second-order valence-corrected chi connectivity index (χ2v) is 6.67. The van der Waals surface area contributed by atoms with Crippen LogP contribution in [0.25, 0.3) is 11.1 Å². The van der Waals surface area contributed by atoms with Gasteiger partial charge in [0.25, 0.3) is 0 Å². The SMILES string of the molecule is CCCCc1nc(C=O)cn1Cc1ccc(-c2ccccc2C(=O)OC)cc1. The molecule has 0 amide bonds. The van der Waals surface area contributed by atoms with E-state index < -0.39 is 0 Å². The van der Waals surface area contributed by atoms with E-state index in [4.69, 9.17) is 4.74 Å². The van der Waals surface area contributed by atoms with Gasteiger partial charge in [-0.05, 0) is 29.2 Å². The summed E-state index contributed by atoms with van der Waals surface area (Å²) in [7, 11) is 1.39. The molecular weight excluding hydrogens is 352 g/mol.